The van der Waals surface area contributed by atoms with E-state index in [-0.39, 0.29) is 17.6 Å². The Labute approximate surface area is 113 Å². The molecule has 0 radical (unpaired) electrons. The lowest BCUT2D eigenvalue weighted by atomic mass is 9.64. The van der Waals surface area contributed by atoms with E-state index < -0.39 is 18.0 Å². The first-order valence-corrected chi connectivity index (χ1v) is 6.74. The number of carbonyl (C=O) groups is 2. The highest BCUT2D eigenvalue weighted by atomic mass is 16.5. The van der Waals surface area contributed by atoms with Gasteiger partial charge in [0.15, 0.2) is 0 Å². The zero-order valence-corrected chi connectivity index (χ0v) is 12.0. The minimum Gasteiger partial charge on any atom is -0.480 e. The summed E-state index contributed by atoms with van der Waals surface area (Å²) in [5.41, 5.74) is -0.127. The lowest BCUT2D eigenvalue weighted by Gasteiger charge is -2.51. The van der Waals surface area contributed by atoms with Crippen LogP contribution in [0.1, 0.15) is 40.5 Å². The molecule has 1 saturated carbocycles. The SMILES string of the molecule is CCOC1CC(NC(=O)N[C@@H](CC)C(=O)O)C1(C)C. The maximum Gasteiger partial charge on any atom is 0.326 e. The maximum absolute atomic E-state index is 11.7. The van der Waals surface area contributed by atoms with E-state index in [4.69, 9.17) is 9.84 Å². The number of ether oxygens (including phenoxy) is 1. The summed E-state index contributed by atoms with van der Waals surface area (Å²) in [7, 11) is 0. The van der Waals surface area contributed by atoms with E-state index in [2.05, 4.69) is 10.6 Å². The van der Waals surface area contributed by atoms with Gasteiger partial charge < -0.3 is 20.5 Å². The largest absolute Gasteiger partial charge is 0.480 e. The fourth-order valence-corrected chi connectivity index (χ4v) is 2.31. The van der Waals surface area contributed by atoms with Crippen LogP contribution in [0.5, 0.6) is 0 Å². The normalized spacial score (nSPS) is 26.1. The molecule has 0 bridgehead atoms. The number of hydrogen-bond acceptors (Lipinski definition) is 3. The van der Waals surface area contributed by atoms with Crippen molar-refractivity contribution in [1.82, 2.24) is 10.6 Å². The molecular formula is C13H24N2O4. The fraction of sp³-hybridized carbons (Fsp3) is 0.846. The monoisotopic (exact) mass is 272 g/mol. The molecule has 19 heavy (non-hydrogen) atoms. The van der Waals surface area contributed by atoms with Crippen LogP contribution in [0.3, 0.4) is 0 Å². The Morgan fingerprint density at radius 3 is 2.47 bits per heavy atom. The Balaban J connectivity index is 2.44. The van der Waals surface area contributed by atoms with Gasteiger partial charge in [-0.1, -0.05) is 20.8 Å². The van der Waals surface area contributed by atoms with Gasteiger partial charge in [0.2, 0.25) is 0 Å². The highest BCUT2D eigenvalue weighted by molar-refractivity contribution is 5.82. The van der Waals surface area contributed by atoms with Crippen molar-refractivity contribution in [3.8, 4) is 0 Å². The number of carbonyl (C=O) groups excluding carboxylic acids is 1. The topological polar surface area (TPSA) is 87.7 Å². The number of carboxylic acid groups (broad SMARTS) is 1. The molecule has 3 N–H and O–H groups in total. The molecule has 2 unspecified atom stereocenters. The predicted molar refractivity (Wildman–Crippen MR) is 71.0 cm³/mol. The van der Waals surface area contributed by atoms with Crippen LogP contribution in [0.15, 0.2) is 0 Å². The third-order valence-electron chi connectivity index (χ3n) is 3.86. The van der Waals surface area contributed by atoms with Crippen molar-refractivity contribution >= 4 is 12.0 Å². The average molecular weight is 272 g/mol. The molecule has 1 aliphatic carbocycles. The molecule has 0 aromatic heterocycles. The van der Waals surface area contributed by atoms with Crippen molar-refractivity contribution < 1.29 is 19.4 Å². The summed E-state index contributed by atoms with van der Waals surface area (Å²) in [6, 6.07) is -1.26. The van der Waals surface area contributed by atoms with Crippen LogP contribution in [0.25, 0.3) is 0 Å². The molecule has 0 aromatic rings. The van der Waals surface area contributed by atoms with Crippen LogP contribution in [-0.4, -0.2) is 41.9 Å². The molecule has 110 valence electrons. The summed E-state index contributed by atoms with van der Waals surface area (Å²) in [6.07, 6.45) is 1.26. The average Bonchev–Trinajstić information content (AvgIpc) is 2.34. The molecule has 1 rings (SSSR count). The highest BCUT2D eigenvalue weighted by Crippen LogP contribution is 2.42. The van der Waals surface area contributed by atoms with E-state index in [0.717, 1.165) is 6.42 Å². The molecule has 1 fully saturated rings. The van der Waals surface area contributed by atoms with Gasteiger partial charge in [-0.25, -0.2) is 9.59 Å². The van der Waals surface area contributed by atoms with Crippen LogP contribution < -0.4 is 10.6 Å². The lowest BCUT2D eigenvalue weighted by Crippen LogP contribution is -2.64. The van der Waals surface area contributed by atoms with E-state index >= 15 is 0 Å². The van der Waals surface area contributed by atoms with E-state index in [9.17, 15) is 9.59 Å². The summed E-state index contributed by atoms with van der Waals surface area (Å²) in [4.78, 5) is 22.6. The minimum absolute atomic E-state index is 0.00958. The maximum atomic E-state index is 11.7. The summed E-state index contributed by atoms with van der Waals surface area (Å²) in [5.74, 6) is -1.02. The molecule has 0 aromatic carbocycles. The molecule has 0 aliphatic heterocycles. The molecule has 2 amide bonds. The van der Waals surface area contributed by atoms with Gasteiger partial charge in [0.05, 0.1) is 6.10 Å². The van der Waals surface area contributed by atoms with Gasteiger partial charge in [-0.2, -0.15) is 0 Å². The first kappa shape index (κ1) is 15.8. The molecule has 0 heterocycles. The Hall–Kier alpha value is -1.30. The number of urea groups is 1. The van der Waals surface area contributed by atoms with Crippen molar-refractivity contribution in [3.05, 3.63) is 0 Å². The second-order valence-corrected chi connectivity index (χ2v) is 5.47. The van der Waals surface area contributed by atoms with Crippen LogP contribution >= 0.6 is 0 Å². The zero-order valence-electron chi connectivity index (χ0n) is 12.0. The summed E-state index contributed by atoms with van der Waals surface area (Å²) >= 11 is 0. The van der Waals surface area contributed by atoms with E-state index in [1.807, 2.05) is 20.8 Å². The summed E-state index contributed by atoms with van der Waals surface area (Å²) in [5, 5.41) is 14.2. The van der Waals surface area contributed by atoms with Gasteiger partial charge in [0, 0.05) is 18.1 Å². The Morgan fingerprint density at radius 1 is 1.42 bits per heavy atom. The first-order chi connectivity index (χ1) is 8.82. The third-order valence-corrected chi connectivity index (χ3v) is 3.86. The van der Waals surface area contributed by atoms with Gasteiger partial charge in [-0.15, -0.1) is 0 Å². The number of carboxylic acids is 1. The predicted octanol–water partition coefficient (Wildman–Crippen LogP) is 1.35. The molecule has 6 heteroatoms. The number of hydrogen-bond donors (Lipinski definition) is 3. The quantitative estimate of drug-likeness (QED) is 0.681. The van der Waals surface area contributed by atoms with Gasteiger partial charge in [0.25, 0.3) is 0 Å². The molecular weight excluding hydrogens is 248 g/mol. The number of amides is 2. The fourth-order valence-electron chi connectivity index (χ4n) is 2.31. The first-order valence-electron chi connectivity index (χ1n) is 6.74. The van der Waals surface area contributed by atoms with Crippen molar-refractivity contribution in [1.29, 1.82) is 0 Å². The molecule has 0 spiro atoms. The second kappa shape index (κ2) is 6.23. The Bertz CT molecular complexity index is 344. The van der Waals surface area contributed by atoms with Crippen molar-refractivity contribution in [2.75, 3.05) is 6.61 Å². The molecule has 3 atom stereocenters. The third kappa shape index (κ3) is 3.59. The summed E-state index contributed by atoms with van der Waals surface area (Å²) < 4.78 is 5.58. The minimum atomic E-state index is -1.02. The highest BCUT2D eigenvalue weighted by Gasteiger charge is 2.49. The van der Waals surface area contributed by atoms with Crippen LogP contribution in [-0.2, 0) is 9.53 Å². The number of nitrogens with one attached hydrogen (secondary N) is 2. The standard InChI is InChI=1S/C13H24N2O4/c1-5-8(11(16)17)14-12(18)15-9-7-10(19-6-2)13(9,3)4/h8-10H,5-7H2,1-4H3,(H,16,17)(H2,14,15,18)/t8-,9?,10?/m0/s1. The molecule has 6 nitrogen and oxygen atoms in total. The zero-order chi connectivity index (χ0) is 14.6. The molecule has 0 saturated heterocycles. The Kier molecular flexibility index (Phi) is 5.17. The van der Waals surface area contributed by atoms with Crippen LogP contribution in [0.4, 0.5) is 4.79 Å². The van der Waals surface area contributed by atoms with E-state index in [1.54, 1.807) is 6.92 Å². The smallest absolute Gasteiger partial charge is 0.326 e. The Morgan fingerprint density at radius 2 is 2.05 bits per heavy atom. The summed E-state index contributed by atoms with van der Waals surface area (Å²) in [6.45, 7) is 8.40. The van der Waals surface area contributed by atoms with Crippen molar-refractivity contribution in [3.63, 3.8) is 0 Å². The second-order valence-electron chi connectivity index (χ2n) is 5.47. The number of rotatable bonds is 6. The van der Waals surface area contributed by atoms with Gasteiger partial charge in [0.1, 0.15) is 6.04 Å². The van der Waals surface area contributed by atoms with Gasteiger partial charge in [-0.05, 0) is 19.8 Å². The lowest BCUT2D eigenvalue weighted by molar-refractivity contribution is -0.139. The van der Waals surface area contributed by atoms with Crippen molar-refractivity contribution in [2.24, 2.45) is 5.41 Å². The van der Waals surface area contributed by atoms with E-state index in [1.165, 1.54) is 0 Å². The van der Waals surface area contributed by atoms with Crippen LogP contribution in [0, 0.1) is 5.41 Å². The van der Waals surface area contributed by atoms with E-state index in [0.29, 0.717) is 13.0 Å². The van der Waals surface area contributed by atoms with Gasteiger partial charge >= 0.3 is 12.0 Å². The van der Waals surface area contributed by atoms with Gasteiger partial charge in [-0.3, -0.25) is 0 Å². The van der Waals surface area contributed by atoms with Crippen LogP contribution in [0.2, 0.25) is 0 Å². The van der Waals surface area contributed by atoms with Crippen molar-refractivity contribution in [2.45, 2.75) is 58.7 Å². The number of aliphatic carboxylic acids is 1. The molecule has 1 aliphatic rings.